The van der Waals surface area contributed by atoms with Crippen LogP contribution in [0.2, 0.25) is 0 Å². The maximum absolute atomic E-state index is 11.2. The van der Waals surface area contributed by atoms with Crippen LogP contribution in [-0.4, -0.2) is 49.7 Å². The molecule has 1 saturated heterocycles. The van der Waals surface area contributed by atoms with Gasteiger partial charge in [-0.15, -0.1) is 0 Å². The predicted octanol–water partition coefficient (Wildman–Crippen LogP) is 1.61. The third kappa shape index (κ3) is 4.19. The molecule has 100 valence electrons. The Morgan fingerprint density at radius 1 is 1.47 bits per heavy atom. The summed E-state index contributed by atoms with van der Waals surface area (Å²) < 4.78 is 27.8. The van der Waals surface area contributed by atoms with Crippen LogP contribution in [0.3, 0.4) is 0 Å². The van der Waals surface area contributed by atoms with Crippen molar-refractivity contribution in [2.45, 2.75) is 38.3 Å². The molecule has 0 bridgehead atoms. The summed E-state index contributed by atoms with van der Waals surface area (Å²) in [6, 6.07) is 0. The van der Waals surface area contributed by atoms with Crippen LogP contribution in [0.4, 0.5) is 0 Å². The molecule has 0 aliphatic carbocycles. The molecule has 1 aliphatic rings. The van der Waals surface area contributed by atoms with Gasteiger partial charge in [0.1, 0.15) is 18.3 Å². The van der Waals surface area contributed by atoms with Gasteiger partial charge < -0.3 is 19.1 Å². The van der Waals surface area contributed by atoms with Crippen molar-refractivity contribution >= 4 is 7.37 Å². The number of methoxy groups -OCH3 is 1. The van der Waals surface area contributed by atoms with Gasteiger partial charge in [-0.05, 0) is 25.7 Å². The fraction of sp³-hybridized carbons (Fsp3) is 0.818. The molecule has 0 saturated carbocycles. The van der Waals surface area contributed by atoms with Gasteiger partial charge in [0.25, 0.3) is 0 Å². The topological polar surface area (TPSA) is 65.0 Å². The van der Waals surface area contributed by atoms with E-state index in [0.29, 0.717) is 6.61 Å². The van der Waals surface area contributed by atoms with Crippen LogP contribution in [0, 0.1) is 0 Å². The SMILES string of the molecule is CCO[C@H]1[C@@H](OC)[C@H](C)O[C@@H]1/C=C/P(C)(=O)O. The zero-order chi connectivity index (χ0) is 13.1. The predicted molar refractivity (Wildman–Crippen MR) is 65.4 cm³/mol. The third-order valence-corrected chi connectivity index (χ3v) is 3.39. The minimum absolute atomic E-state index is 0.0962. The van der Waals surface area contributed by atoms with E-state index in [-0.39, 0.29) is 24.4 Å². The average Bonchev–Trinajstić information content (AvgIpc) is 2.51. The van der Waals surface area contributed by atoms with Gasteiger partial charge in [0.05, 0.1) is 6.10 Å². The van der Waals surface area contributed by atoms with Gasteiger partial charge in [0, 0.05) is 20.4 Å². The Morgan fingerprint density at radius 2 is 2.12 bits per heavy atom. The monoisotopic (exact) mass is 264 g/mol. The maximum Gasteiger partial charge on any atom is 0.219 e. The molecule has 0 amide bonds. The minimum Gasteiger partial charge on any atom is -0.376 e. The van der Waals surface area contributed by atoms with Gasteiger partial charge >= 0.3 is 0 Å². The number of hydrogen-bond donors (Lipinski definition) is 1. The smallest absolute Gasteiger partial charge is 0.219 e. The molecule has 1 fully saturated rings. The van der Waals surface area contributed by atoms with E-state index in [9.17, 15) is 9.46 Å². The Morgan fingerprint density at radius 3 is 2.59 bits per heavy atom. The molecule has 5 nitrogen and oxygen atoms in total. The van der Waals surface area contributed by atoms with E-state index < -0.39 is 7.37 Å². The molecule has 6 heteroatoms. The highest BCUT2D eigenvalue weighted by molar-refractivity contribution is 7.60. The fourth-order valence-corrected chi connectivity index (χ4v) is 2.45. The van der Waals surface area contributed by atoms with Gasteiger partial charge in [-0.25, -0.2) is 0 Å². The Balaban J connectivity index is 2.77. The van der Waals surface area contributed by atoms with Crippen molar-refractivity contribution in [3.8, 4) is 0 Å². The van der Waals surface area contributed by atoms with Crippen molar-refractivity contribution in [3.05, 3.63) is 11.9 Å². The molecule has 1 N–H and O–H groups in total. The van der Waals surface area contributed by atoms with E-state index in [1.54, 1.807) is 13.2 Å². The Bertz CT molecular complexity index is 311. The van der Waals surface area contributed by atoms with Crippen molar-refractivity contribution < 1.29 is 23.7 Å². The van der Waals surface area contributed by atoms with Crippen LogP contribution in [0.25, 0.3) is 0 Å². The lowest BCUT2D eigenvalue weighted by atomic mass is 10.1. The maximum atomic E-state index is 11.2. The van der Waals surface area contributed by atoms with Crippen LogP contribution in [-0.2, 0) is 18.8 Å². The second kappa shape index (κ2) is 6.12. The number of ether oxygens (including phenoxy) is 3. The van der Waals surface area contributed by atoms with E-state index in [0.717, 1.165) is 0 Å². The van der Waals surface area contributed by atoms with Crippen LogP contribution in [0.1, 0.15) is 13.8 Å². The zero-order valence-corrected chi connectivity index (χ0v) is 11.6. The lowest BCUT2D eigenvalue weighted by molar-refractivity contribution is -0.0391. The summed E-state index contributed by atoms with van der Waals surface area (Å²) in [6.45, 7) is 5.63. The van der Waals surface area contributed by atoms with Crippen molar-refractivity contribution in [2.24, 2.45) is 0 Å². The summed E-state index contributed by atoms with van der Waals surface area (Å²) in [5.41, 5.74) is 0. The first-order valence-corrected chi connectivity index (χ1v) is 7.85. The van der Waals surface area contributed by atoms with Crippen molar-refractivity contribution in [2.75, 3.05) is 20.4 Å². The van der Waals surface area contributed by atoms with Crippen molar-refractivity contribution in [1.82, 2.24) is 0 Å². The van der Waals surface area contributed by atoms with Crippen LogP contribution in [0.5, 0.6) is 0 Å². The van der Waals surface area contributed by atoms with E-state index in [1.807, 2.05) is 13.8 Å². The quantitative estimate of drug-likeness (QED) is 0.764. The molecule has 1 heterocycles. The Labute approximate surface area is 102 Å². The number of hydrogen-bond acceptors (Lipinski definition) is 4. The highest BCUT2D eigenvalue weighted by Crippen LogP contribution is 2.38. The molecule has 0 spiro atoms. The molecular formula is C11H21O5P. The second-order valence-corrected chi connectivity index (χ2v) is 6.40. The van der Waals surface area contributed by atoms with E-state index in [2.05, 4.69) is 0 Å². The zero-order valence-electron chi connectivity index (χ0n) is 10.7. The van der Waals surface area contributed by atoms with E-state index in [1.165, 1.54) is 12.5 Å². The van der Waals surface area contributed by atoms with Gasteiger partial charge in [-0.1, -0.05) is 0 Å². The standard InChI is InChI=1S/C11H21O5P/c1-5-15-11-9(6-7-17(4,12)13)16-8(2)10(11)14-3/h6-11H,5H2,1-4H3,(H,12,13)/b7-6+/t8-,9+,10-,11+/m0/s1. The van der Waals surface area contributed by atoms with Crippen LogP contribution >= 0.6 is 7.37 Å². The first-order chi connectivity index (χ1) is 7.89. The molecule has 17 heavy (non-hydrogen) atoms. The minimum atomic E-state index is -3.17. The lowest BCUT2D eigenvalue weighted by Crippen LogP contribution is -2.35. The Kier molecular flexibility index (Phi) is 5.35. The largest absolute Gasteiger partial charge is 0.376 e. The second-order valence-electron chi connectivity index (χ2n) is 4.21. The summed E-state index contributed by atoms with van der Waals surface area (Å²) in [4.78, 5) is 9.22. The summed E-state index contributed by atoms with van der Waals surface area (Å²) in [5.74, 6) is 1.29. The first kappa shape index (κ1) is 14.9. The molecule has 0 aromatic rings. The van der Waals surface area contributed by atoms with Crippen molar-refractivity contribution in [3.63, 3.8) is 0 Å². The molecule has 5 atom stereocenters. The van der Waals surface area contributed by atoms with Crippen LogP contribution < -0.4 is 0 Å². The molecule has 0 aromatic carbocycles. The van der Waals surface area contributed by atoms with E-state index >= 15 is 0 Å². The highest BCUT2D eigenvalue weighted by atomic mass is 31.2. The summed E-state index contributed by atoms with van der Waals surface area (Å²) in [5, 5.41) is 0. The third-order valence-electron chi connectivity index (χ3n) is 2.67. The number of rotatable bonds is 5. The van der Waals surface area contributed by atoms with E-state index in [4.69, 9.17) is 14.2 Å². The van der Waals surface area contributed by atoms with Crippen molar-refractivity contribution in [1.29, 1.82) is 0 Å². The van der Waals surface area contributed by atoms with Gasteiger partial charge in [0.15, 0.2) is 0 Å². The normalized spacial score (nSPS) is 37.5. The molecular weight excluding hydrogens is 243 g/mol. The fourth-order valence-electron chi connectivity index (χ4n) is 1.96. The Hall–Kier alpha value is -0.190. The summed E-state index contributed by atoms with van der Waals surface area (Å²) >= 11 is 0. The average molecular weight is 264 g/mol. The summed E-state index contributed by atoms with van der Waals surface area (Å²) in [7, 11) is -1.56. The molecule has 1 unspecified atom stereocenters. The van der Waals surface area contributed by atoms with Crippen LogP contribution in [0.15, 0.2) is 11.9 Å². The lowest BCUT2D eigenvalue weighted by Gasteiger charge is -2.20. The summed E-state index contributed by atoms with van der Waals surface area (Å²) in [6.07, 6.45) is 0.773. The molecule has 0 radical (unpaired) electrons. The van der Waals surface area contributed by atoms with Gasteiger partial charge in [0.2, 0.25) is 7.37 Å². The van der Waals surface area contributed by atoms with Gasteiger partial charge in [-0.2, -0.15) is 0 Å². The molecule has 1 rings (SSSR count). The van der Waals surface area contributed by atoms with Gasteiger partial charge in [-0.3, -0.25) is 4.57 Å². The molecule has 0 aromatic heterocycles. The molecule has 1 aliphatic heterocycles. The highest BCUT2D eigenvalue weighted by Gasteiger charge is 2.42. The first-order valence-electron chi connectivity index (χ1n) is 5.68.